The number of benzene rings is 2. The van der Waals surface area contributed by atoms with E-state index in [1.165, 1.54) is 0 Å². The van der Waals surface area contributed by atoms with Crippen molar-refractivity contribution < 1.29 is 9.90 Å². The van der Waals surface area contributed by atoms with Gasteiger partial charge in [-0.2, -0.15) is 0 Å². The number of rotatable bonds is 5. The summed E-state index contributed by atoms with van der Waals surface area (Å²) in [5, 5.41) is 9.63. The Bertz CT molecular complexity index is 642. The molecule has 1 heterocycles. The molecule has 3 heteroatoms. The third kappa shape index (κ3) is 2.53. The first kappa shape index (κ1) is 16.7. The number of nitrogens with zero attached hydrogens (tertiary/aromatic N) is 1. The smallest absolute Gasteiger partial charge is 0.238 e. The summed E-state index contributed by atoms with van der Waals surface area (Å²) < 4.78 is 0. The summed E-state index contributed by atoms with van der Waals surface area (Å²) in [6, 6.07) is 20.2. The van der Waals surface area contributed by atoms with E-state index in [-0.39, 0.29) is 24.5 Å². The van der Waals surface area contributed by atoms with Crippen molar-refractivity contribution in [3.05, 3.63) is 71.8 Å². The molecule has 0 unspecified atom stereocenters. The fraction of sp³-hybridized carbons (Fsp3) is 0.381. The van der Waals surface area contributed by atoms with E-state index in [4.69, 9.17) is 0 Å². The van der Waals surface area contributed by atoms with E-state index in [9.17, 15) is 9.90 Å². The number of hydrogen-bond donors (Lipinski definition) is 1. The molecule has 2 aromatic rings. The van der Waals surface area contributed by atoms with Crippen molar-refractivity contribution in [2.45, 2.75) is 31.7 Å². The number of likely N-dealkylation sites (tertiary alicyclic amines) is 1. The number of aliphatic hydroxyl groups is 1. The lowest BCUT2D eigenvalue weighted by molar-refractivity contribution is -0.132. The van der Waals surface area contributed by atoms with E-state index < -0.39 is 5.41 Å². The molecule has 1 amide bonds. The van der Waals surface area contributed by atoms with Gasteiger partial charge in [-0.3, -0.25) is 4.79 Å². The highest BCUT2D eigenvalue weighted by Gasteiger charge is 2.56. The molecule has 3 rings (SSSR count). The topological polar surface area (TPSA) is 40.5 Å². The highest BCUT2D eigenvalue weighted by atomic mass is 16.3. The maximum Gasteiger partial charge on any atom is 0.238 e. The monoisotopic (exact) mass is 323 g/mol. The second-order valence-electron chi connectivity index (χ2n) is 6.80. The quantitative estimate of drug-likeness (QED) is 0.918. The number of carbonyl (C=O) groups excluding carboxylic acids is 1. The Labute approximate surface area is 143 Å². The summed E-state index contributed by atoms with van der Waals surface area (Å²) in [6.45, 7) is 4.88. The predicted octanol–water partition coefficient (Wildman–Crippen LogP) is 3.22. The van der Waals surface area contributed by atoms with Gasteiger partial charge < -0.3 is 10.0 Å². The molecule has 0 spiro atoms. The van der Waals surface area contributed by atoms with Gasteiger partial charge in [0.1, 0.15) is 5.41 Å². The van der Waals surface area contributed by atoms with Crippen molar-refractivity contribution in [3.63, 3.8) is 0 Å². The second kappa shape index (κ2) is 6.78. The molecular weight excluding hydrogens is 298 g/mol. The van der Waals surface area contributed by atoms with Crippen LogP contribution in [0, 0.1) is 5.92 Å². The summed E-state index contributed by atoms with van der Waals surface area (Å²) in [4.78, 5) is 15.6. The van der Waals surface area contributed by atoms with Crippen molar-refractivity contribution in [1.29, 1.82) is 0 Å². The van der Waals surface area contributed by atoms with Crippen LogP contribution in [0.3, 0.4) is 0 Å². The number of hydrogen-bond acceptors (Lipinski definition) is 2. The summed E-state index contributed by atoms with van der Waals surface area (Å²) in [5.41, 5.74) is 1.32. The SMILES string of the molecule is CC(C)N1C[C@@H](CCO)C(c2ccccc2)(c2ccccc2)C1=O. The van der Waals surface area contributed by atoms with Gasteiger partial charge in [-0.1, -0.05) is 60.7 Å². The Morgan fingerprint density at radius 2 is 1.54 bits per heavy atom. The maximum absolute atomic E-state index is 13.6. The van der Waals surface area contributed by atoms with Crippen molar-refractivity contribution >= 4 is 5.91 Å². The van der Waals surface area contributed by atoms with Crippen LogP contribution < -0.4 is 0 Å². The number of amides is 1. The minimum atomic E-state index is -0.713. The lowest BCUT2D eigenvalue weighted by Gasteiger charge is -2.34. The first-order chi connectivity index (χ1) is 11.6. The zero-order chi connectivity index (χ0) is 17.2. The van der Waals surface area contributed by atoms with E-state index in [0.717, 1.165) is 11.1 Å². The molecule has 0 bridgehead atoms. The van der Waals surface area contributed by atoms with Crippen LogP contribution in [0.1, 0.15) is 31.4 Å². The molecule has 0 aromatic heterocycles. The lowest BCUT2D eigenvalue weighted by atomic mass is 9.66. The molecule has 1 aliphatic heterocycles. The third-order valence-electron chi connectivity index (χ3n) is 5.19. The highest BCUT2D eigenvalue weighted by molar-refractivity contribution is 5.95. The van der Waals surface area contributed by atoms with Gasteiger partial charge >= 0.3 is 0 Å². The van der Waals surface area contributed by atoms with Crippen molar-refractivity contribution in [1.82, 2.24) is 4.90 Å². The van der Waals surface area contributed by atoms with Crippen LogP contribution in [0.15, 0.2) is 60.7 Å². The molecular formula is C21H25NO2. The summed E-state index contributed by atoms with van der Waals surface area (Å²) in [5.74, 6) is 0.204. The molecule has 1 saturated heterocycles. The Kier molecular flexibility index (Phi) is 4.72. The summed E-state index contributed by atoms with van der Waals surface area (Å²) in [7, 11) is 0. The van der Waals surface area contributed by atoms with Crippen LogP contribution in [0.4, 0.5) is 0 Å². The average molecular weight is 323 g/mol. The van der Waals surface area contributed by atoms with Crippen molar-refractivity contribution in [3.8, 4) is 0 Å². The third-order valence-corrected chi connectivity index (χ3v) is 5.19. The summed E-state index contributed by atoms with van der Waals surface area (Å²) in [6.07, 6.45) is 0.610. The number of aliphatic hydroxyl groups excluding tert-OH is 1. The van der Waals surface area contributed by atoms with E-state index in [1.807, 2.05) is 65.6 Å². The standard InChI is InChI=1S/C21H25NO2/c1-16(2)22-15-19(13-14-23)21(20(22)24,17-9-5-3-6-10-17)18-11-7-4-8-12-18/h3-12,16,19,23H,13-15H2,1-2H3/t19-/m1/s1. The fourth-order valence-corrected chi connectivity index (χ4v) is 4.05. The van der Waals surface area contributed by atoms with Crippen LogP contribution >= 0.6 is 0 Å². The molecule has 0 aliphatic carbocycles. The maximum atomic E-state index is 13.6. The van der Waals surface area contributed by atoms with E-state index in [2.05, 4.69) is 13.8 Å². The van der Waals surface area contributed by atoms with Crippen LogP contribution in [0.25, 0.3) is 0 Å². The predicted molar refractivity (Wildman–Crippen MR) is 95.7 cm³/mol. The molecule has 3 nitrogen and oxygen atoms in total. The molecule has 24 heavy (non-hydrogen) atoms. The number of carbonyl (C=O) groups is 1. The van der Waals surface area contributed by atoms with E-state index in [0.29, 0.717) is 13.0 Å². The van der Waals surface area contributed by atoms with Gasteiger partial charge in [-0.15, -0.1) is 0 Å². The zero-order valence-corrected chi connectivity index (χ0v) is 14.4. The summed E-state index contributed by atoms with van der Waals surface area (Å²) >= 11 is 0. The average Bonchev–Trinajstić information content (AvgIpc) is 2.90. The minimum absolute atomic E-state index is 0.0576. The van der Waals surface area contributed by atoms with Crippen LogP contribution in [-0.4, -0.2) is 35.1 Å². The van der Waals surface area contributed by atoms with Crippen molar-refractivity contribution in [2.75, 3.05) is 13.2 Å². The van der Waals surface area contributed by atoms with Gasteiger partial charge in [0.15, 0.2) is 0 Å². The van der Waals surface area contributed by atoms with E-state index in [1.54, 1.807) is 0 Å². The second-order valence-corrected chi connectivity index (χ2v) is 6.80. The first-order valence-electron chi connectivity index (χ1n) is 8.65. The van der Waals surface area contributed by atoms with Gasteiger partial charge in [0.25, 0.3) is 0 Å². The van der Waals surface area contributed by atoms with Gasteiger partial charge in [-0.05, 0) is 31.4 Å². The van der Waals surface area contributed by atoms with E-state index >= 15 is 0 Å². The van der Waals surface area contributed by atoms with Gasteiger partial charge in [0.05, 0.1) is 0 Å². The highest BCUT2D eigenvalue weighted by Crippen LogP contribution is 2.47. The fourth-order valence-electron chi connectivity index (χ4n) is 4.05. The molecule has 0 saturated carbocycles. The molecule has 126 valence electrons. The van der Waals surface area contributed by atoms with Crippen LogP contribution in [0.2, 0.25) is 0 Å². The van der Waals surface area contributed by atoms with Gasteiger partial charge in [0, 0.05) is 25.1 Å². The molecule has 1 fully saturated rings. The lowest BCUT2D eigenvalue weighted by Crippen LogP contribution is -2.43. The Morgan fingerprint density at radius 1 is 1.04 bits per heavy atom. The minimum Gasteiger partial charge on any atom is -0.396 e. The normalized spacial score (nSPS) is 19.9. The van der Waals surface area contributed by atoms with Gasteiger partial charge in [-0.25, -0.2) is 0 Å². The van der Waals surface area contributed by atoms with Crippen LogP contribution in [0.5, 0.6) is 0 Å². The van der Waals surface area contributed by atoms with Crippen molar-refractivity contribution in [2.24, 2.45) is 5.92 Å². The first-order valence-corrected chi connectivity index (χ1v) is 8.65. The Balaban J connectivity index is 2.24. The molecule has 1 aliphatic rings. The molecule has 0 radical (unpaired) electrons. The Morgan fingerprint density at radius 3 is 1.96 bits per heavy atom. The zero-order valence-electron chi connectivity index (χ0n) is 14.4. The van der Waals surface area contributed by atoms with Gasteiger partial charge in [0.2, 0.25) is 5.91 Å². The van der Waals surface area contributed by atoms with Crippen LogP contribution in [-0.2, 0) is 10.2 Å². The largest absolute Gasteiger partial charge is 0.396 e. The Hall–Kier alpha value is -2.13. The molecule has 1 N–H and O–H groups in total. The molecule has 2 aromatic carbocycles. The molecule has 1 atom stereocenters.